The fourth-order valence-electron chi connectivity index (χ4n) is 3.76. The average Bonchev–Trinajstić information content (AvgIpc) is 2.73. The zero-order valence-corrected chi connectivity index (χ0v) is 20.3. The van der Waals surface area contributed by atoms with Gasteiger partial charge in [0, 0.05) is 27.6 Å². The van der Waals surface area contributed by atoms with E-state index in [0.717, 1.165) is 22.0 Å². The summed E-state index contributed by atoms with van der Waals surface area (Å²) >= 11 is 0. The predicted octanol–water partition coefficient (Wildman–Crippen LogP) is 5.73. The minimum Gasteiger partial charge on any atom is -0.338 e. The lowest BCUT2D eigenvalue weighted by molar-refractivity contribution is 0.491. The Labute approximate surface area is 195 Å². The Balaban J connectivity index is 1.82. The second kappa shape index (κ2) is 8.57. The van der Waals surface area contributed by atoms with E-state index in [2.05, 4.69) is 20.2 Å². The van der Waals surface area contributed by atoms with Crippen LogP contribution in [0, 0.1) is 13.8 Å². The molecule has 1 aromatic heterocycles. The smallest absolute Gasteiger partial charge is 0.241 e. The van der Waals surface area contributed by atoms with Crippen LogP contribution in [-0.2, 0) is 10.0 Å². The molecule has 2 N–H and O–H groups in total. The van der Waals surface area contributed by atoms with E-state index < -0.39 is 15.6 Å². The number of rotatable bonds is 5. The van der Waals surface area contributed by atoms with E-state index in [9.17, 15) is 8.42 Å². The van der Waals surface area contributed by atoms with E-state index >= 15 is 0 Å². The van der Waals surface area contributed by atoms with E-state index in [4.69, 9.17) is 0 Å². The van der Waals surface area contributed by atoms with Gasteiger partial charge in [0.05, 0.1) is 4.90 Å². The zero-order chi connectivity index (χ0) is 23.8. The van der Waals surface area contributed by atoms with Crippen molar-refractivity contribution in [3.63, 3.8) is 0 Å². The SMILES string of the molecule is Cc1cccc(Nc2nnc(-c3ccc(C)c(S(=O)(=O)NC(C)(C)C)c3)c3ccccc23)c1. The van der Waals surface area contributed by atoms with Gasteiger partial charge in [-0.15, -0.1) is 10.2 Å². The summed E-state index contributed by atoms with van der Waals surface area (Å²) in [5.74, 6) is 0.648. The lowest BCUT2D eigenvalue weighted by atomic mass is 10.0. The normalized spacial score (nSPS) is 12.2. The monoisotopic (exact) mass is 460 g/mol. The van der Waals surface area contributed by atoms with Crippen LogP contribution in [0.15, 0.2) is 71.6 Å². The Hall–Kier alpha value is -3.29. The summed E-state index contributed by atoms with van der Waals surface area (Å²) in [6, 6.07) is 21.3. The van der Waals surface area contributed by atoms with Crippen molar-refractivity contribution in [1.29, 1.82) is 0 Å². The standard InChI is InChI=1S/C26H28N4O2S/c1-17-9-8-10-20(15-17)27-25-22-12-7-6-11-21(22)24(28-29-25)19-14-13-18(2)23(16-19)33(31,32)30-26(3,4)5/h6-16,30H,1-5H3,(H,27,29). The first kappa shape index (κ1) is 22.9. The highest BCUT2D eigenvalue weighted by molar-refractivity contribution is 7.89. The van der Waals surface area contributed by atoms with Crippen molar-refractivity contribution in [3.05, 3.63) is 77.9 Å². The molecule has 4 aromatic rings. The third-order valence-electron chi connectivity index (χ3n) is 5.16. The number of sulfonamides is 1. The molecule has 0 fully saturated rings. The van der Waals surface area contributed by atoms with Gasteiger partial charge in [-0.3, -0.25) is 0 Å². The summed E-state index contributed by atoms with van der Waals surface area (Å²) in [6.45, 7) is 9.29. The van der Waals surface area contributed by atoms with Crippen LogP contribution in [0.1, 0.15) is 31.9 Å². The van der Waals surface area contributed by atoms with Crippen molar-refractivity contribution in [2.45, 2.75) is 45.1 Å². The number of nitrogens with one attached hydrogen (secondary N) is 2. The van der Waals surface area contributed by atoms with Gasteiger partial charge >= 0.3 is 0 Å². The molecule has 0 bridgehead atoms. The first-order chi connectivity index (χ1) is 15.5. The fraction of sp³-hybridized carbons (Fsp3) is 0.231. The molecule has 0 spiro atoms. The predicted molar refractivity (Wildman–Crippen MR) is 134 cm³/mol. The third kappa shape index (κ3) is 5.05. The Morgan fingerprint density at radius 3 is 2.24 bits per heavy atom. The minimum absolute atomic E-state index is 0.239. The van der Waals surface area contributed by atoms with Crippen molar-refractivity contribution in [3.8, 4) is 11.3 Å². The molecule has 3 aromatic carbocycles. The van der Waals surface area contributed by atoms with Crippen LogP contribution in [0.2, 0.25) is 0 Å². The molecule has 4 rings (SSSR count). The summed E-state index contributed by atoms with van der Waals surface area (Å²) < 4.78 is 28.8. The van der Waals surface area contributed by atoms with Gasteiger partial charge in [0.25, 0.3) is 0 Å². The fourth-order valence-corrected chi connectivity index (χ4v) is 5.45. The molecule has 1 heterocycles. The van der Waals surface area contributed by atoms with Gasteiger partial charge in [0.1, 0.15) is 5.69 Å². The highest BCUT2D eigenvalue weighted by atomic mass is 32.2. The molecule has 0 unspecified atom stereocenters. The summed E-state index contributed by atoms with van der Waals surface area (Å²) in [6.07, 6.45) is 0. The molecule has 6 nitrogen and oxygen atoms in total. The molecule has 33 heavy (non-hydrogen) atoms. The van der Waals surface area contributed by atoms with Crippen molar-refractivity contribution >= 4 is 32.3 Å². The van der Waals surface area contributed by atoms with Gasteiger partial charge in [-0.25, -0.2) is 13.1 Å². The summed E-state index contributed by atoms with van der Waals surface area (Å²) in [7, 11) is -3.70. The molecule has 0 aliphatic carbocycles. The van der Waals surface area contributed by atoms with Crippen molar-refractivity contribution < 1.29 is 8.42 Å². The molecule has 0 aliphatic rings. The molecule has 7 heteroatoms. The average molecular weight is 461 g/mol. The number of benzene rings is 3. The van der Waals surface area contributed by atoms with Gasteiger partial charge in [-0.05, 0) is 63.9 Å². The lowest BCUT2D eigenvalue weighted by Gasteiger charge is -2.21. The van der Waals surface area contributed by atoms with Crippen LogP contribution >= 0.6 is 0 Å². The van der Waals surface area contributed by atoms with Crippen LogP contribution in [0.5, 0.6) is 0 Å². The molecule has 0 atom stereocenters. The van der Waals surface area contributed by atoms with Crippen molar-refractivity contribution in [2.75, 3.05) is 5.32 Å². The van der Waals surface area contributed by atoms with E-state index in [1.54, 1.807) is 13.0 Å². The first-order valence-electron chi connectivity index (χ1n) is 10.8. The van der Waals surface area contributed by atoms with E-state index in [1.807, 2.05) is 88.4 Å². The maximum atomic E-state index is 13.0. The van der Waals surface area contributed by atoms with Crippen LogP contribution in [-0.4, -0.2) is 24.2 Å². The zero-order valence-electron chi connectivity index (χ0n) is 19.5. The van der Waals surface area contributed by atoms with Crippen LogP contribution < -0.4 is 10.0 Å². The number of nitrogens with zero attached hydrogens (tertiary/aromatic N) is 2. The van der Waals surface area contributed by atoms with Crippen molar-refractivity contribution in [1.82, 2.24) is 14.9 Å². The molecule has 0 saturated carbocycles. The van der Waals surface area contributed by atoms with E-state index in [-0.39, 0.29) is 4.90 Å². The molecular formula is C26H28N4O2S. The van der Waals surface area contributed by atoms with Crippen LogP contribution in [0.25, 0.3) is 22.0 Å². The van der Waals surface area contributed by atoms with Gasteiger partial charge in [-0.1, -0.05) is 48.5 Å². The maximum absolute atomic E-state index is 13.0. The highest BCUT2D eigenvalue weighted by Gasteiger charge is 2.24. The number of anilines is 2. The molecule has 0 radical (unpaired) electrons. The molecule has 170 valence electrons. The second-order valence-electron chi connectivity index (χ2n) is 9.27. The van der Waals surface area contributed by atoms with Gasteiger partial charge in [0.15, 0.2) is 5.82 Å². The van der Waals surface area contributed by atoms with Crippen molar-refractivity contribution in [2.24, 2.45) is 0 Å². The van der Waals surface area contributed by atoms with Gasteiger partial charge in [0.2, 0.25) is 10.0 Å². The molecular weight excluding hydrogens is 432 g/mol. The summed E-state index contributed by atoms with van der Waals surface area (Å²) in [5, 5.41) is 14.1. The van der Waals surface area contributed by atoms with Gasteiger partial charge in [-0.2, -0.15) is 0 Å². The largest absolute Gasteiger partial charge is 0.338 e. The molecule has 0 aliphatic heterocycles. The Bertz CT molecular complexity index is 1440. The second-order valence-corrected chi connectivity index (χ2v) is 10.9. The first-order valence-corrected chi connectivity index (χ1v) is 12.3. The Morgan fingerprint density at radius 1 is 0.818 bits per heavy atom. The number of hydrogen-bond donors (Lipinski definition) is 2. The number of hydrogen-bond acceptors (Lipinski definition) is 5. The topological polar surface area (TPSA) is 84.0 Å². The lowest BCUT2D eigenvalue weighted by Crippen LogP contribution is -2.40. The number of fused-ring (bicyclic) bond motifs is 1. The molecule has 0 amide bonds. The maximum Gasteiger partial charge on any atom is 0.241 e. The molecule has 0 saturated heterocycles. The van der Waals surface area contributed by atoms with Gasteiger partial charge < -0.3 is 5.32 Å². The highest BCUT2D eigenvalue weighted by Crippen LogP contribution is 2.33. The minimum atomic E-state index is -3.70. The quantitative estimate of drug-likeness (QED) is 0.397. The van der Waals surface area contributed by atoms with E-state index in [0.29, 0.717) is 22.6 Å². The summed E-state index contributed by atoms with van der Waals surface area (Å²) in [5.41, 5.74) is 3.49. The van der Waals surface area contributed by atoms with Crippen LogP contribution in [0.4, 0.5) is 11.5 Å². The Morgan fingerprint density at radius 2 is 1.55 bits per heavy atom. The third-order valence-corrected chi connectivity index (χ3v) is 7.06. The number of aromatic nitrogens is 2. The van der Waals surface area contributed by atoms with Crippen LogP contribution in [0.3, 0.4) is 0 Å². The van der Waals surface area contributed by atoms with E-state index in [1.165, 1.54) is 0 Å². The summed E-state index contributed by atoms with van der Waals surface area (Å²) in [4.78, 5) is 0.239. The number of aryl methyl sites for hydroxylation is 2. The Kier molecular flexibility index (Phi) is 5.95.